The average Bonchev–Trinajstić information content (AvgIpc) is 3.33. The normalized spacial score (nSPS) is 46.1. The minimum Gasteiger partial charge on any atom is -0.394 e. The van der Waals surface area contributed by atoms with Crippen LogP contribution in [0.3, 0.4) is 0 Å². The Morgan fingerprint density at radius 3 is 1.46 bits per heavy atom. The Labute approximate surface area is 404 Å². The summed E-state index contributed by atoms with van der Waals surface area (Å²) in [5.74, 6) is -1.58. The topological polar surface area (TPSA) is 494 Å². The molecule has 0 saturated carbocycles. The monoisotopic (exact) mass is 1040 g/mol. The fraction of sp³-hybridized carbons (Fsp3) is 0.950. The number of aliphatic hydroxyl groups excluding tert-OH is 17. The minimum absolute atomic E-state index is 0.729. The summed E-state index contributed by atoms with van der Waals surface area (Å²) in [5.41, 5.74) is 0. The molecule has 0 spiro atoms. The van der Waals surface area contributed by atoms with Crippen molar-refractivity contribution in [2.45, 2.75) is 206 Å². The SMILES string of the molecule is CC(=O)N[C@H]1[C@H](OC[C@@H](O)[C@H](O)[C@H](O[C@@H]2O[C@H](CO)[C@H](O)[C@H](O[C@@H]3O[C@H](CO)[C@H](O)[C@H](O)[C@H]3O[C@@H]3O[C@@H](C)[C@@H](O)[C@@H](O)[C@@H]3O)[C@H]2O[C@@H]2O[C@@H](C)[C@@H](O)[C@@H](O)[C@@H]2O)[C@H](CO)NC(C)=O)O[C@H](CO)[C@@H](O)[C@@H]1O. The summed E-state index contributed by atoms with van der Waals surface area (Å²) in [5, 5.41) is 188. The highest BCUT2D eigenvalue weighted by molar-refractivity contribution is 5.73. The van der Waals surface area contributed by atoms with Gasteiger partial charge in [0, 0.05) is 13.8 Å². The fourth-order valence-electron chi connectivity index (χ4n) is 8.66. The van der Waals surface area contributed by atoms with Crippen LogP contribution in [0.25, 0.3) is 0 Å². The van der Waals surface area contributed by atoms with E-state index < -0.39 is 223 Å². The highest BCUT2D eigenvalue weighted by Crippen LogP contribution is 2.37. The largest absolute Gasteiger partial charge is 0.394 e. The summed E-state index contributed by atoms with van der Waals surface area (Å²) >= 11 is 0. The zero-order valence-electron chi connectivity index (χ0n) is 38.8. The lowest BCUT2D eigenvalue weighted by Crippen LogP contribution is -2.69. The molecule has 0 radical (unpaired) electrons. The van der Waals surface area contributed by atoms with Crippen molar-refractivity contribution in [3.8, 4) is 0 Å². The van der Waals surface area contributed by atoms with Gasteiger partial charge in [0.05, 0.1) is 51.3 Å². The molecule has 0 unspecified atom stereocenters. The molecule has 0 aliphatic carbocycles. The minimum atomic E-state index is -2.33. The summed E-state index contributed by atoms with van der Waals surface area (Å²) < 4.78 is 58.1. The second-order valence-corrected chi connectivity index (χ2v) is 18.0. The summed E-state index contributed by atoms with van der Waals surface area (Å²) in [6.07, 6.45) is -51.5. The van der Waals surface area contributed by atoms with Crippen molar-refractivity contribution < 1.29 is 144 Å². The van der Waals surface area contributed by atoms with Gasteiger partial charge < -0.3 is 145 Å². The van der Waals surface area contributed by atoms with Crippen molar-refractivity contribution in [3.63, 3.8) is 0 Å². The van der Waals surface area contributed by atoms with E-state index in [1.807, 2.05) is 0 Å². The standard InChI is InChI=1S/C40H70N2O29/c1-10-20(50)27(57)30(60)37(63-10)70-34-29(59)24(54)17(7-45)66-39(34)69-33-25(55)18(8-46)67-40(35(33)71-38-31(61)28(58)21(51)11(2)64-38)68-32(14(5-43)41-12(3)47)22(52)15(49)9-62-36-19(42-13(4)48)26(56)23(53)16(6-44)65-36/h10-11,14-40,43-46,49-61H,5-9H2,1-4H3,(H,41,47)(H,42,48)/t10-,11-,14-,15+,16+,17+,18+,19+,20+,21+,22-,23+,24-,25-,26+,27+,28+,29-,30-,31-,32+,33-,34+,35+,36+,37-,38-,39-,40-/m0/s1. The van der Waals surface area contributed by atoms with Crippen LogP contribution in [0.5, 0.6) is 0 Å². The third-order valence-corrected chi connectivity index (χ3v) is 12.8. The van der Waals surface area contributed by atoms with Gasteiger partial charge in [-0.1, -0.05) is 0 Å². The van der Waals surface area contributed by atoms with E-state index in [9.17, 15) is 96.4 Å². The van der Waals surface area contributed by atoms with Crippen LogP contribution >= 0.6 is 0 Å². The average molecular weight is 1040 g/mol. The van der Waals surface area contributed by atoms with Crippen molar-refractivity contribution in [1.82, 2.24) is 10.6 Å². The van der Waals surface area contributed by atoms with Gasteiger partial charge in [-0.05, 0) is 13.8 Å². The van der Waals surface area contributed by atoms with Gasteiger partial charge >= 0.3 is 0 Å². The molecule has 71 heavy (non-hydrogen) atoms. The molecule has 0 aromatic rings. The van der Waals surface area contributed by atoms with E-state index in [0.717, 1.165) is 13.8 Å². The molecule has 2 amide bonds. The molecule has 29 atom stereocenters. The van der Waals surface area contributed by atoms with Gasteiger partial charge in [-0.15, -0.1) is 0 Å². The molecule has 0 aromatic carbocycles. The maximum absolute atomic E-state index is 12.5. The quantitative estimate of drug-likeness (QED) is 0.0538. The van der Waals surface area contributed by atoms with Crippen LogP contribution in [0.1, 0.15) is 27.7 Å². The molecular weight excluding hydrogens is 972 g/mol. The molecule has 5 aliphatic rings. The zero-order valence-corrected chi connectivity index (χ0v) is 38.8. The molecule has 0 aromatic heterocycles. The second kappa shape index (κ2) is 26.1. The van der Waals surface area contributed by atoms with Crippen LogP contribution < -0.4 is 10.6 Å². The first-order chi connectivity index (χ1) is 33.4. The molecule has 0 bridgehead atoms. The van der Waals surface area contributed by atoms with Crippen LogP contribution in [0.15, 0.2) is 0 Å². The molecule has 5 saturated heterocycles. The number of rotatable bonds is 20. The number of carbonyl (C=O) groups is 2. The smallest absolute Gasteiger partial charge is 0.217 e. The number of aliphatic hydroxyl groups is 17. The molecule has 5 fully saturated rings. The Hall–Kier alpha value is -2.14. The highest BCUT2D eigenvalue weighted by atomic mass is 16.8. The predicted octanol–water partition coefficient (Wildman–Crippen LogP) is -12.1. The van der Waals surface area contributed by atoms with Gasteiger partial charge in [0.15, 0.2) is 31.5 Å². The number of carbonyl (C=O) groups excluding carboxylic acids is 2. The van der Waals surface area contributed by atoms with Crippen LogP contribution in [-0.4, -0.2) is 309 Å². The second-order valence-electron chi connectivity index (χ2n) is 18.0. The van der Waals surface area contributed by atoms with Crippen molar-refractivity contribution in [2.24, 2.45) is 0 Å². The number of hydrogen-bond donors (Lipinski definition) is 19. The van der Waals surface area contributed by atoms with E-state index in [1.54, 1.807) is 0 Å². The third-order valence-electron chi connectivity index (χ3n) is 12.8. The predicted molar refractivity (Wildman–Crippen MR) is 222 cm³/mol. The molecule has 19 N–H and O–H groups in total. The fourth-order valence-corrected chi connectivity index (χ4v) is 8.66. The maximum Gasteiger partial charge on any atom is 0.217 e. The molecular formula is C40H70N2O29. The van der Waals surface area contributed by atoms with Crippen molar-refractivity contribution in [1.29, 1.82) is 0 Å². The number of ether oxygens (including phenoxy) is 10. The van der Waals surface area contributed by atoms with Gasteiger partial charge in [-0.25, -0.2) is 0 Å². The lowest BCUT2D eigenvalue weighted by Gasteiger charge is -2.50. The van der Waals surface area contributed by atoms with Crippen LogP contribution in [-0.2, 0) is 57.0 Å². The molecule has 5 rings (SSSR count). The van der Waals surface area contributed by atoms with Gasteiger partial charge in [0.2, 0.25) is 11.8 Å². The Bertz CT molecular complexity index is 1660. The summed E-state index contributed by atoms with van der Waals surface area (Å²) in [7, 11) is 0. The van der Waals surface area contributed by atoms with Gasteiger partial charge in [0.1, 0.15) is 128 Å². The van der Waals surface area contributed by atoms with E-state index in [-0.39, 0.29) is 0 Å². The molecule has 31 heteroatoms. The van der Waals surface area contributed by atoms with Crippen molar-refractivity contribution >= 4 is 11.8 Å². The van der Waals surface area contributed by atoms with Crippen molar-refractivity contribution in [3.05, 3.63) is 0 Å². The first-order valence-corrected chi connectivity index (χ1v) is 22.7. The molecule has 5 aliphatic heterocycles. The van der Waals surface area contributed by atoms with Crippen molar-refractivity contribution in [2.75, 3.05) is 33.0 Å². The van der Waals surface area contributed by atoms with E-state index in [0.29, 0.717) is 0 Å². The van der Waals surface area contributed by atoms with Gasteiger partial charge in [0.25, 0.3) is 0 Å². The molecule has 31 nitrogen and oxygen atoms in total. The van der Waals surface area contributed by atoms with Gasteiger partial charge in [-0.2, -0.15) is 0 Å². The van der Waals surface area contributed by atoms with Gasteiger partial charge in [-0.3, -0.25) is 9.59 Å². The Kier molecular flexibility index (Phi) is 21.9. The first-order valence-electron chi connectivity index (χ1n) is 22.7. The lowest BCUT2D eigenvalue weighted by molar-refractivity contribution is -0.407. The number of nitrogens with one attached hydrogen (secondary N) is 2. The van der Waals surface area contributed by atoms with E-state index in [1.165, 1.54) is 13.8 Å². The maximum atomic E-state index is 12.5. The van der Waals surface area contributed by atoms with E-state index in [2.05, 4.69) is 10.6 Å². The highest BCUT2D eigenvalue weighted by Gasteiger charge is 2.57. The lowest BCUT2D eigenvalue weighted by atomic mass is 9.95. The summed E-state index contributed by atoms with van der Waals surface area (Å²) in [6, 6.07) is -3.25. The van der Waals surface area contributed by atoms with Crippen LogP contribution in [0, 0.1) is 0 Å². The summed E-state index contributed by atoms with van der Waals surface area (Å²) in [6.45, 7) is -0.411. The van der Waals surface area contributed by atoms with E-state index >= 15 is 0 Å². The Morgan fingerprint density at radius 2 is 0.972 bits per heavy atom. The number of hydrogen-bond acceptors (Lipinski definition) is 29. The molecule has 5 heterocycles. The zero-order chi connectivity index (χ0) is 52.9. The Balaban J connectivity index is 1.54. The number of amides is 2. The third kappa shape index (κ3) is 13.6. The Morgan fingerprint density at radius 1 is 0.507 bits per heavy atom. The van der Waals surface area contributed by atoms with Crippen LogP contribution in [0.4, 0.5) is 0 Å². The van der Waals surface area contributed by atoms with Crippen LogP contribution in [0.2, 0.25) is 0 Å². The van der Waals surface area contributed by atoms with E-state index in [4.69, 9.17) is 47.4 Å². The first kappa shape index (κ1) is 59.7. The molecule has 414 valence electrons. The summed E-state index contributed by atoms with van der Waals surface area (Å²) in [4.78, 5) is 24.4.